The Bertz CT molecular complexity index is 511. The van der Waals surface area contributed by atoms with E-state index in [0.717, 1.165) is 28.2 Å². The lowest BCUT2D eigenvalue weighted by atomic mass is 10.2. The highest BCUT2D eigenvalue weighted by Gasteiger charge is 2.10. The lowest BCUT2D eigenvalue weighted by molar-refractivity contribution is 0.550. The number of aromatic nitrogens is 2. The molecule has 5 heteroatoms. The van der Waals surface area contributed by atoms with Gasteiger partial charge in [-0.15, -0.1) is 0 Å². The number of nitrogens with one attached hydrogen (secondary N) is 2. The van der Waals surface area contributed by atoms with Gasteiger partial charge in [0.25, 0.3) is 0 Å². The van der Waals surface area contributed by atoms with Crippen molar-refractivity contribution in [2.24, 2.45) is 5.92 Å². The van der Waals surface area contributed by atoms with Crippen molar-refractivity contribution in [3.8, 4) is 0 Å². The molecule has 19 heavy (non-hydrogen) atoms. The van der Waals surface area contributed by atoms with Gasteiger partial charge in [-0.1, -0.05) is 37.6 Å². The molecule has 1 aromatic heterocycles. The van der Waals surface area contributed by atoms with Gasteiger partial charge in [-0.25, -0.2) is 4.98 Å². The molecule has 102 valence electrons. The molecule has 0 fully saturated rings. The fraction of sp³-hybridized carbons (Fsp3) is 0.357. The second kappa shape index (κ2) is 6.98. The average Bonchev–Trinajstić information content (AvgIpc) is 2.85. The number of aromatic amines is 1. The molecule has 0 aliphatic heterocycles. The number of nitrogens with zero attached hydrogens (tertiary/aromatic N) is 1. The van der Waals surface area contributed by atoms with Crippen molar-refractivity contribution in [3.63, 3.8) is 0 Å². The summed E-state index contributed by atoms with van der Waals surface area (Å²) in [5.74, 6) is 0.639. The molecule has 2 rings (SSSR count). The van der Waals surface area contributed by atoms with E-state index in [0.29, 0.717) is 5.92 Å². The van der Waals surface area contributed by atoms with Crippen molar-refractivity contribution in [2.75, 3.05) is 6.54 Å². The van der Waals surface area contributed by atoms with Gasteiger partial charge in [-0.3, -0.25) is 0 Å². The molecular formula is C14H18ClN3S. The number of imidazole rings is 1. The highest BCUT2D eigenvalue weighted by molar-refractivity contribution is 7.99. The number of H-pyrrole nitrogens is 1. The van der Waals surface area contributed by atoms with Gasteiger partial charge in [0.2, 0.25) is 0 Å². The molecule has 1 aromatic carbocycles. The fourth-order valence-electron chi connectivity index (χ4n) is 1.71. The predicted molar refractivity (Wildman–Crippen MR) is 80.7 cm³/mol. The molecule has 0 amide bonds. The van der Waals surface area contributed by atoms with Crippen LogP contribution in [0.5, 0.6) is 0 Å². The highest BCUT2D eigenvalue weighted by Crippen LogP contribution is 2.34. The van der Waals surface area contributed by atoms with Crippen LogP contribution in [0.1, 0.15) is 19.4 Å². The smallest absolute Gasteiger partial charge is 0.170 e. The minimum absolute atomic E-state index is 0.639. The van der Waals surface area contributed by atoms with Gasteiger partial charge in [0.1, 0.15) is 0 Å². The zero-order chi connectivity index (χ0) is 13.7. The Morgan fingerprint density at radius 1 is 1.42 bits per heavy atom. The Morgan fingerprint density at radius 3 is 2.95 bits per heavy atom. The topological polar surface area (TPSA) is 40.7 Å². The van der Waals surface area contributed by atoms with Gasteiger partial charge in [0.05, 0.1) is 5.02 Å². The number of benzene rings is 1. The number of rotatable bonds is 6. The summed E-state index contributed by atoms with van der Waals surface area (Å²) in [5.41, 5.74) is 1.20. The van der Waals surface area contributed by atoms with E-state index in [2.05, 4.69) is 35.2 Å². The van der Waals surface area contributed by atoms with Crippen LogP contribution in [-0.2, 0) is 6.54 Å². The molecular weight excluding hydrogens is 278 g/mol. The van der Waals surface area contributed by atoms with Crippen LogP contribution in [0.25, 0.3) is 0 Å². The van der Waals surface area contributed by atoms with Gasteiger partial charge in [0, 0.05) is 23.8 Å². The first-order valence-corrected chi connectivity index (χ1v) is 7.51. The van der Waals surface area contributed by atoms with E-state index in [1.165, 1.54) is 5.56 Å². The molecule has 2 N–H and O–H groups in total. The third kappa shape index (κ3) is 4.27. The molecule has 0 bridgehead atoms. The summed E-state index contributed by atoms with van der Waals surface area (Å²) in [6.45, 7) is 6.21. The van der Waals surface area contributed by atoms with E-state index in [1.807, 2.05) is 18.3 Å². The molecule has 0 unspecified atom stereocenters. The van der Waals surface area contributed by atoms with E-state index in [9.17, 15) is 0 Å². The Hall–Kier alpha value is -0.970. The molecule has 1 heterocycles. The van der Waals surface area contributed by atoms with Crippen molar-refractivity contribution in [1.29, 1.82) is 0 Å². The van der Waals surface area contributed by atoms with Crippen molar-refractivity contribution in [1.82, 2.24) is 15.3 Å². The normalized spacial score (nSPS) is 11.2. The third-order valence-corrected chi connectivity index (χ3v) is 4.12. The second-order valence-corrected chi connectivity index (χ2v) is 6.16. The SMILES string of the molecule is CC(C)CNCc1cccc(Cl)c1Sc1ncc[nH]1. The molecule has 3 nitrogen and oxygen atoms in total. The largest absolute Gasteiger partial charge is 0.339 e. The lowest BCUT2D eigenvalue weighted by Gasteiger charge is -2.12. The number of halogens is 1. The molecule has 2 aromatic rings. The van der Waals surface area contributed by atoms with E-state index in [1.54, 1.807) is 18.0 Å². The average molecular weight is 296 g/mol. The summed E-state index contributed by atoms with van der Waals surface area (Å²) in [6.07, 6.45) is 3.56. The van der Waals surface area contributed by atoms with Crippen LogP contribution in [-0.4, -0.2) is 16.5 Å². The molecule has 0 atom stereocenters. The Balaban J connectivity index is 2.11. The number of hydrogen-bond donors (Lipinski definition) is 2. The van der Waals surface area contributed by atoms with Crippen LogP contribution in [0, 0.1) is 5.92 Å². The Morgan fingerprint density at radius 2 is 2.26 bits per heavy atom. The fourth-order valence-corrected chi connectivity index (χ4v) is 2.89. The summed E-state index contributed by atoms with van der Waals surface area (Å²) in [6, 6.07) is 6.00. The minimum atomic E-state index is 0.639. The first kappa shape index (κ1) is 14.4. The van der Waals surface area contributed by atoms with Crippen molar-refractivity contribution >= 4 is 23.4 Å². The van der Waals surface area contributed by atoms with Gasteiger partial charge in [0.15, 0.2) is 5.16 Å². The van der Waals surface area contributed by atoms with Crippen LogP contribution in [0.3, 0.4) is 0 Å². The number of hydrogen-bond acceptors (Lipinski definition) is 3. The summed E-state index contributed by atoms with van der Waals surface area (Å²) in [7, 11) is 0. The summed E-state index contributed by atoms with van der Waals surface area (Å²) >= 11 is 7.87. The molecule has 0 aliphatic carbocycles. The van der Waals surface area contributed by atoms with Gasteiger partial charge in [-0.05, 0) is 35.9 Å². The predicted octanol–water partition coefficient (Wildman–Crippen LogP) is 3.96. The highest BCUT2D eigenvalue weighted by atomic mass is 35.5. The monoisotopic (exact) mass is 295 g/mol. The third-order valence-electron chi connectivity index (χ3n) is 2.59. The zero-order valence-corrected chi connectivity index (χ0v) is 12.7. The Labute approximate surface area is 123 Å². The van der Waals surface area contributed by atoms with E-state index >= 15 is 0 Å². The molecule has 0 saturated carbocycles. The maximum Gasteiger partial charge on any atom is 0.170 e. The van der Waals surface area contributed by atoms with Crippen LogP contribution in [0.2, 0.25) is 5.02 Å². The van der Waals surface area contributed by atoms with Gasteiger partial charge >= 0.3 is 0 Å². The summed E-state index contributed by atoms with van der Waals surface area (Å²) in [4.78, 5) is 8.38. The lowest BCUT2D eigenvalue weighted by Crippen LogP contribution is -2.19. The van der Waals surface area contributed by atoms with Gasteiger partial charge in [-0.2, -0.15) is 0 Å². The summed E-state index contributed by atoms with van der Waals surface area (Å²) in [5, 5.41) is 5.07. The van der Waals surface area contributed by atoms with Crippen molar-refractivity contribution in [2.45, 2.75) is 30.4 Å². The quantitative estimate of drug-likeness (QED) is 0.847. The van der Waals surface area contributed by atoms with Crippen LogP contribution in [0.15, 0.2) is 40.6 Å². The maximum absolute atomic E-state index is 6.30. The van der Waals surface area contributed by atoms with Crippen LogP contribution >= 0.6 is 23.4 Å². The van der Waals surface area contributed by atoms with E-state index in [-0.39, 0.29) is 0 Å². The minimum Gasteiger partial charge on any atom is -0.339 e. The summed E-state index contributed by atoms with van der Waals surface area (Å²) < 4.78 is 0. The second-order valence-electron chi connectivity index (χ2n) is 4.75. The van der Waals surface area contributed by atoms with Crippen molar-refractivity contribution in [3.05, 3.63) is 41.2 Å². The van der Waals surface area contributed by atoms with Crippen molar-refractivity contribution < 1.29 is 0 Å². The first-order chi connectivity index (χ1) is 9.16. The standard InChI is InChI=1S/C14H18ClN3S/c1-10(2)8-16-9-11-4-3-5-12(15)13(11)19-14-17-6-7-18-14/h3-7,10,16H,8-9H2,1-2H3,(H,17,18). The van der Waals surface area contributed by atoms with E-state index < -0.39 is 0 Å². The van der Waals surface area contributed by atoms with Gasteiger partial charge < -0.3 is 10.3 Å². The molecule has 0 radical (unpaired) electrons. The molecule has 0 spiro atoms. The Kier molecular flexibility index (Phi) is 5.31. The van der Waals surface area contributed by atoms with Crippen LogP contribution < -0.4 is 5.32 Å². The maximum atomic E-state index is 6.30. The van der Waals surface area contributed by atoms with E-state index in [4.69, 9.17) is 11.6 Å². The van der Waals surface area contributed by atoms with Crippen LogP contribution in [0.4, 0.5) is 0 Å². The zero-order valence-electron chi connectivity index (χ0n) is 11.1. The first-order valence-electron chi connectivity index (χ1n) is 6.32. The molecule has 0 saturated heterocycles. The molecule has 0 aliphatic rings.